The van der Waals surface area contributed by atoms with Crippen molar-refractivity contribution in [2.75, 3.05) is 0 Å². The van der Waals surface area contributed by atoms with E-state index in [0.717, 1.165) is 5.56 Å². The van der Waals surface area contributed by atoms with Gasteiger partial charge in [-0.2, -0.15) is 10.7 Å². The number of hydrogen-bond acceptors (Lipinski definition) is 2. The highest BCUT2D eigenvalue weighted by atomic mass is 16.7. The first-order chi connectivity index (χ1) is 4.93. The van der Waals surface area contributed by atoms with E-state index in [-0.39, 0.29) is 0 Å². The fraction of sp³-hybridized carbons (Fsp3) is 0.143. The third-order valence-electron chi connectivity index (χ3n) is 1.19. The zero-order chi connectivity index (χ0) is 7.23. The van der Waals surface area contributed by atoms with E-state index in [1.807, 2.05) is 30.3 Å². The van der Waals surface area contributed by atoms with Gasteiger partial charge >= 0.3 is 0 Å². The SMILES string of the molecule is N[NH2+]OCc1ccccc1. The minimum Gasteiger partial charge on any atom is -0.181 e. The van der Waals surface area contributed by atoms with Gasteiger partial charge in [-0.25, -0.2) is 0 Å². The van der Waals surface area contributed by atoms with Crippen LogP contribution < -0.4 is 11.4 Å². The van der Waals surface area contributed by atoms with Gasteiger partial charge in [0, 0.05) is 0 Å². The summed E-state index contributed by atoms with van der Waals surface area (Å²) in [4.78, 5) is 4.87. The summed E-state index contributed by atoms with van der Waals surface area (Å²) in [7, 11) is 0. The minimum absolute atomic E-state index is 0.553. The zero-order valence-corrected chi connectivity index (χ0v) is 5.66. The number of quaternary nitrogens is 1. The maximum Gasteiger partial charge on any atom is 0.134 e. The van der Waals surface area contributed by atoms with E-state index in [4.69, 9.17) is 10.7 Å². The van der Waals surface area contributed by atoms with Gasteiger partial charge in [0.05, 0.1) is 0 Å². The molecule has 3 nitrogen and oxygen atoms in total. The average molecular weight is 139 g/mol. The second-order valence-corrected chi connectivity index (χ2v) is 1.93. The normalized spacial score (nSPS) is 9.70. The van der Waals surface area contributed by atoms with Crippen molar-refractivity contribution in [3.63, 3.8) is 0 Å². The van der Waals surface area contributed by atoms with Crippen molar-refractivity contribution >= 4 is 0 Å². The summed E-state index contributed by atoms with van der Waals surface area (Å²) in [5.74, 6) is 5.03. The molecule has 0 aromatic heterocycles. The highest BCUT2D eigenvalue weighted by Gasteiger charge is 1.89. The Morgan fingerprint density at radius 2 is 2.00 bits per heavy atom. The maximum absolute atomic E-state index is 5.03. The molecule has 0 fully saturated rings. The third-order valence-corrected chi connectivity index (χ3v) is 1.19. The second kappa shape index (κ2) is 4.00. The summed E-state index contributed by atoms with van der Waals surface area (Å²) in [6, 6.07) is 9.88. The molecule has 3 heteroatoms. The molecule has 0 aliphatic carbocycles. The Morgan fingerprint density at radius 3 is 2.60 bits per heavy atom. The molecule has 0 saturated heterocycles. The topological polar surface area (TPSA) is 51.9 Å². The molecule has 10 heavy (non-hydrogen) atoms. The van der Waals surface area contributed by atoms with Crippen LogP contribution in [0.3, 0.4) is 0 Å². The van der Waals surface area contributed by atoms with Gasteiger partial charge in [0.1, 0.15) is 6.61 Å². The Kier molecular flexibility index (Phi) is 2.89. The summed E-state index contributed by atoms with van der Waals surface area (Å²) < 4.78 is 0. The predicted molar refractivity (Wildman–Crippen MR) is 37.3 cm³/mol. The van der Waals surface area contributed by atoms with Crippen LogP contribution in [0, 0.1) is 0 Å². The Labute approximate surface area is 59.7 Å². The molecule has 0 aliphatic rings. The molecule has 0 aliphatic heterocycles. The van der Waals surface area contributed by atoms with Gasteiger partial charge in [-0.1, -0.05) is 30.3 Å². The number of hydrogen-bond donors (Lipinski definition) is 2. The Morgan fingerprint density at radius 1 is 1.30 bits per heavy atom. The lowest BCUT2D eigenvalue weighted by Crippen LogP contribution is -2.90. The Bertz CT molecular complexity index is 176. The number of rotatable bonds is 3. The van der Waals surface area contributed by atoms with Crippen molar-refractivity contribution in [3.8, 4) is 0 Å². The highest BCUT2D eigenvalue weighted by molar-refractivity contribution is 5.13. The van der Waals surface area contributed by atoms with Crippen LogP contribution in [0.15, 0.2) is 30.3 Å². The van der Waals surface area contributed by atoms with Gasteiger partial charge in [0.25, 0.3) is 0 Å². The van der Waals surface area contributed by atoms with Gasteiger partial charge in [0.2, 0.25) is 0 Å². The zero-order valence-electron chi connectivity index (χ0n) is 5.66. The molecule has 0 spiro atoms. The van der Waals surface area contributed by atoms with Crippen molar-refractivity contribution in [1.82, 2.24) is 0 Å². The van der Waals surface area contributed by atoms with E-state index in [9.17, 15) is 0 Å². The largest absolute Gasteiger partial charge is 0.181 e. The van der Waals surface area contributed by atoms with Gasteiger partial charge in [0.15, 0.2) is 0 Å². The van der Waals surface area contributed by atoms with E-state index >= 15 is 0 Å². The van der Waals surface area contributed by atoms with Crippen molar-refractivity contribution in [2.24, 2.45) is 5.84 Å². The molecule has 0 bridgehead atoms. The molecule has 54 valence electrons. The number of nitrogens with two attached hydrogens (primary N) is 2. The summed E-state index contributed by atoms with van der Waals surface area (Å²) in [6.45, 7) is 0.553. The summed E-state index contributed by atoms with van der Waals surface area (Å²) >= 11 is 0. The first-order valence-electron chi connectivity index (χ1n) is 3.12. The molecule has 0 radical (unpaired) electrons. The van der Waals surface area contributed by atoms with E-state index in [1.165, 1.54) is 5.59 Å². The molecule has 1 rings (SSSR count). The van der Waals surface area contributed by atoms with E-state index in [0.29, 0.717) is 6.61 Å². The van der Waals surface area contributed by atoms with Crippen molar-refractivity contribution in [2.45, 2.75) is 6.61 Å². The molecule has 0 atom stereocenters. The standard InChI is InChI=1S/C7H10N2O/c8-9-10-6-7-4-2-1-3-5-7/h1-5,9H,6,8H2/p+1. The van der Waals surface area contributed by atoms with Crippen LogP contribution in [0.5, 0.6) is 0 Å². The quantitative estimate of drug-likeness (QED) is 0.440. The van der Waals surface area contributed by atoms with Crippen LogP contribution in [0.25, 0.3) is 0 Å². The summed E-state index contributed by atoms with van der Waals surface area (Å²) in [6.07, 6.45) is 0. The highest BCUT2D eigenvalue weighted by Crippen LogP contribution is 1.97. The van der Waals surface area contributed by atoms with E-state index < -0.39 is 0 Å². The molecule has 0 unspecified atom stereocenters. The Balaban J connectivity index is 2.43. The fourth-order valence-corrected chi connectivity index (χ4v) is 0.719. The lowest BCUT2D eigenvalue weighted by Gasteiger charge is -1.95. The smallest absolute Gasteiger partial charge is 0.134 e. The fourth-order valence-electron chi connectivity index (χ4n) is 0.719. The molecule has 1 aromatic rings. The lowest BCUT2D eigenvalue weighted by molar-refractivity contribution is -0.910. The van der Waals surface area contributed by atoms with Crippen LogP contribution in [-0.4, -0.2) is 0 Å². The molecule has 4 N–H and O–H groups in total. The molecule has 1 aromatic carbocycles. The monoisotopic (exact) mass is 139 g/mol. The van der Waals surface area contributed by atoms with Crippen LogP contribution in [0.2, 0.25) is 0 Å². The average Bonchev–Trinajstić information content (AvgIpc) is 2.03. The predicted octanol–water partition coefficient (Wildman–Crippen LogP) is -0.445. The molecule has 0 heterocycles. The maximum atomic E-state index is 5.03. The van der Waals surface area contributed by atoms with Gasteiger partial charge in [-0.3, -0.25) is 0 Å². The first-order valence-corrected chi connectivity index (χ1v) is 3.12. The van der Waals surface area contributed by atoms with Crippen LogP contribution in [0.1, 0.15) is 5.56 Å². The molecular formula is C7H11N2O+. The van der Waals surface area contributed by atoms with Gasteiger partial charge in [-0.05, 0) is 5.56 Å². The van der Waals surface area contributed by atoms with Crippen molar-refractivity contribution in [3.05, 3.63) is 35.9 Å². The third kappa shape index (κ3) is 2.14. The second-order valence-electron chi connectivity index (χ2n) is 1.93. The van der Waals surface area contributed by atoms with Crippen molar-refractivity contribution in [1.29, 1.82) is 0 Å². The summed E-state index contributed by atoms with van der Waals surface area (Å²) in [5, 5.41) is 0. The first kappa shape index (κ1) is 7.21. The van der Waals surface area contributed by atoms with E-state index in [1.54, 1.807) is 0 Å². The van der Waals surface area contributed by atoms with Gasteiger partial charge < -0.3 is 0 Å². The lowest BCUT2D eigenvalue weighted by atomic mass is 10.2. The van der Waals surface area contributed by atoms with Crippen molar-refractivity contribution < 1.29 is 10.4 Å². The van der Waals surface area contributed by atoms with Crippen LogP contribution >= 0.6 is 0 Å². The molecule has 0 amide bonds. The summed E-state index contributed by atoms with van der Waals surface area (Å²) in [5.41, 5.74) is 2.33. The number of benzene rings is 1. The van der Waals surface area contributed by atoms with E-state index in [2.05, 4.69) is 0 Å². The minimum atomic E-state index is 0.553. The molecular weight excluding hydrogens is 128 g/mol. The van der Waals surface area contributed by atoms with Crippen LogP contribution in [0.4, 0.5) is 0 Å². The molecule has 0 saturated carbocycles. The van der Waals surface area contributed by atoms with Crippen LogP contribution in [-0.2, 0) is 11.4 Å². The van der Waals surface area contributed by atoms with Gasteiger partial charge in [-0.15, -0.1) is 5.59 Å². The Hall–Kier alpha value is -0.900.